The van der Waals surface area contributed by atoms with Crippen LogP contribution < -0.4 is 16.0 Å². The Morgan fingerprint density at radius 3 is 2.41 bits per heavy atom. The standard InChI is InChI=1S/C20H29FN4O2/c21-16-2-4-17(5-3-16)23-20(27)24-18-9-13-25(14-10-18)19(26)6-1-15-7-11-22-12-8-15/h2-5,15,18,22H,1,6-14H2,(H2,23,24,27). The zero-order valence-electron chi connectivity index (χ0n) is 15.7. The lowest BCUT2D eigenvalue weighted by Gasteiger charge is -2.33. The summed E-state index contributed by atoms with van der Waals surface area (Å²) in [5.74, 6) is 0.575. The van der Waals surface area contributed by atoms with Gasteiger partial charge in [0.2, 0.25) is 5.91 Å². The summed E-state index contributed by atoms with van der Waals surface area (Å²) >= 11 is 0. The number of carbonyl (C=O) groups is 2. The average molecular weight is 376 g/mol. The molecule has 3 N–H and O–H groups in total. The molecule has 2 heterocycles. The van der Waals surface area contributed by atoms with E-state index < -0.39 is 0 Å². The Balaban J connectivity index is 1.34. The molecule has 2 fully saturated rings. The number of likely N-dealkylation sites (tertiary alicyclic amines) is 1. The molecule has 2 aliphatic heterocycles. The van der Waals surface area contributed by atoms with Gasteiger partial charge in [0.1, 0.15) is 5.82 Å². The molecule has 3 rings (SSSR count). The number of urea groups is 1. The van der Waals surface area contributed by atoms with Gasteiger partial charge in [-0.3, -0.25) is 4.79 Å². The SMILES string of the molecule is O=C(Nc1ccc(F)cc1)NC1CCN(C(=O)CCC2CCNCC2)CC1. The van der Waals surface area contributed by atoms with Gasteiger partial charge in [0.15, 0.2) is 0 Å². The Hall–Kier alpha value is -2.15. The monoisotopic (exact) mass is 376 g/mol. The number of rotatable bonds is 5. The molecule has 1 aromatic rings. The smallest absolute Gasteiger partial charge is 0.319 e. The van der Waals surface area contributed by atoms with E-state index in [0.717, 1.165) is 32.4 Å². The Labute approximate surface area is 159 Å². The van der Waals surface area contributed by atoms with E-state index >= 15 is 0 Å². The highest BCUT2D eigenvalue weighted by molar-refractivity contribution is 5.89. The first kappa shape index (κ1) is 19.6. The molecule has 0 saturated carbocycles. The van der Waals surface area contributed by atoms with Crippen LogP contribution >= 0.6 is 0 Å². The van der Waals surface area contributed by atoms with Crippen molar-refractivity contribution in [3.63, 3.8) is 0 Å². The summed E-state index contributed by atoms with van der Waals surface area (Å²) in [5.41, 5.74) is 0.555. The molecular weight excluding hydrogens is 347 g/mol. The molecule has 0 spiro atoms. The van der Waals surface area contributed by atoms with E-state index in [1.807, 2.05) is 4.90 Å². The number of piperidine rings is 2. The number of anilines is 1. The van der Waals surface area contributed by atoms with Crippen LogP contribution in [0.5, 0.6) is 0 Å². The van der Waals surface area contributed by atoms with Gasteiger partial charge < -0.3 is 20.9 Å². The molecule has 27 heavy (non-hydrogen) atoms. The molecule has 0 aromatic heterocycles. The third-order valence-corrected chi connectivity index (χ3v) is 5.51. The average Bonchev–Trinajstić information content (AvgIpc) is 2.69. The number of hydrogen-bond acceptors (Lipinski definition) is 3. The highest BCUT2D eigenvalue weighted by atomic mass is 19.1. The summed E-state index contributed by atoms with van der Waals surface area (Å²) in [6, 6.07) is 5.43. The quantitative estimate of drug-likeness (QED) is 0.740. The number of hydrogen-bond donors (Lipinski definition) is 3. The number of benzene rings is 1. The van der Waals surface area contributed by atoms with Crippen LogP contribution in [-0.4, -0.2) is 49.1 Å². The fourth-order valence-corrected chi connectivity index (χ4v) is 3.82. The minimum Gasteiger partial charge on any atom is -0.343 e. The van der Waals surface area contributed by atoms with Gasteiger partial charge in [-0.25, -0.2) is 9.18 Å². The summed E-state index contributed by atoms with van der Waals surface area (Å²) in [7, 11) is 0. The van der Waals surface area contributed by atoms with Gasteiger partial charge in [-0.1, -0.05) is 0 Å². The molecule has 0 atom stereocenters. The fraction of sp³-hybridized carbons (Fsp3) is 0.600. The van der Waals surface area contributed by atoms with Crippen molar-refractivity contribution in [1.82, 2.24) is 15.5 Å². The van der Waals surface area contributed by atoms with Crippen molar-refractivity contribution in [3.05, 3.63) is 30.1 Å². The molecule has 0 aliphatic carbocycles. The normalized spacial score (nSPS) is 18.9. The van der Waals surface area contributed by atoms with Gasteiger partial charge in [0.05, 0.1) is 0 Å². The first-order valence-electron chi connectivity index (χ1n) is 9.92. The topological polar surface area (TPSA) is 73.5 Å². The van der Waals surface area contributed by atoms with Crippen LogP contribution in [0.15, 0.2) is 24.3 Å². The van der Waals surface area contributed by atoms with E-state index in [1.54, 1.807) is 0 Å². The summed E-state index contributed by atoms with van der Waals surface area (Å²) < 4.78 is 12.9. The van der Waals surface area contributed by atoms with E-state index in [4.69, 9.17) is 0 Å². The molecule has 148 valence electrons. The maximum absolute atomic E-state index is 12.9. The van der Waals surface area contributed by atoms with E-state index in [0.29, 0.717) is 31.1 Å². The van der Waals surface area contributed by atoms with Crippen molar-refractivity contribution in [2.75, 3.05) is 31.5 Å². The predicted octanol–water partition coefficient (Wildman–Crippen LogP) is 2.72. The summed E-state index contributed by atoms with van der Waals surface area (Å²) in [6.45, 7) is 3.50. The van der Waals surface area contributed by atoms with Crippen molar-refractivity contribution >= 4 is 17.6 Å². The van der Waals surface area contributed by atoms with Crippen LogP contribution in [0.25, 0.3) is 0 Å². The molecular formula is C20H29FN4O2. The third kappa shape index (κ3) is 6.20. The van der Waals surface area contributed by atoms with Gasteiger partial charge in [0, 0.05) is 31.2 Å². The molecule has 6 nitrogen and oxygen atoms in total. The molecule has 0 bridgehead atoms. The van der Waals surface area contributed by atoms with Gasteiger partial charge in [-0.15, -0.1) is 0 Å². The van der Waals surface area contributed by atoms with Gasteiger partial charge in [-0.05, 0) is 75.4 Å². The van der Waals surface area contributed by atoms with Gasteiger partial charge >= 0.3 is 6.03 Å². The molecule has 0 unspecified atom stereocenters. The van der Waals surface area contributed by atoms with E-state index in [9.17, 15) is 14.0 Å². The summed E-state index contributed by atoms with van der Waals surface area (Å²) in [6.07, 6.45) is 5.48. The largest absolute Gasteiger partial charge is 0.343 e. The van der Waals surface area contributed by atoms with Crippen molar-refractivity contribution in [2.45, 2.75) is 44.6 Å². The first-order valence-corrected chi connectivity index (χ1v) is 9.92. The van der Waals surface area contributed by atoms with Crippen LogP contribution in [0.3, 0.4) is 0 Å². The molecule has 3 amide bonds. The predicted molar refractivity (Wildman–Crippen MR) is 103 cm³/mol. The van der Waals surface area contributed by atoms with Crippen molar-refractivity contribution in [3.8, 4) is 0 Å². The first-order chi connectivity index (χ1) is 13.1. The number of nitrogens with one attached hydrogen (secondary N) is 3. The minimum absolute atomic E-state index is 0.0546. The highest BCUT2D eigenvalue weighted by Crippen LogP contribution is 2.20. The summed E-state index contributed by atoms with van der Waals surface area (Å²) in [4.78, 5) is 26.4. The lowest BCUT2D eigenvalue weighted by molar-refractivity contribution is -0.132. The van der Waals surface area contributed by atoms with Crippen LogP contribution in [0.1, 0.15) is 38.5 Å². The molecule has 0 radical (unpaired) electrons. The molecule has 7 heteroatoms. The van der Waals surface area contributed by atoms with Crippen molar-refractivity contribution in [1.29, 1.82) is 0 Å². The van der Waals surface area contributed by atoms with Crippen molar-refractivity contribution < 1.29 is 14.0 Å². The molecule has 2 saturated heterocycles. The maximum atomic E-state index is 12.9. The van der Waals surface area contributed by atoms with E-state index in [2.05, 4.69) is 16.0 Å². The Bertz CT molecular complexity index is 623. The molecule has 1 aromatic carbocycles. The van der Waals surface area contributed by atoms with E-state index in [1.165, 1.54) is 37.1 Å². The third-order valence-electron chi connectivity index (χ3n) is 5.51. The Morgan fingerprint density at radius 1 is 1.07 bits per heavy atom. The zero-order chi connectivity index (χ0) is 19.1. The second-order valence-corrected chi connectivity index (χ2v) is 7.49. The van der Waals surface area contributed by atoms with Gasteiger partial charge in [0.25, 0.3) is 0 Å². The maximum Gasteiger partial charge on any atom is 0.319 e. The Morgan fingerprint density at radius 2 is 1.74 bits per heavy atom. The zero-order valence-corrected chi connectivity index (χ0v) is 15.7. The van der Waals surface area contributed by atoms with Crippen LogP contribution in [0.4, 0.5) is 14.9 Å². The fourth-order valence-electron chi connectivity index (χ4n) is 3.82. The van der Waals surface area contributed by atoms with Gasteiger partial charge in [-0.2, -0.15) is 0 Å². The second-order valence-electron chi connectivity index (χ2n) is 7.49. The van der Waals surface area contributed by atoms with Crippen LogP contribution in [0, 0.1) is 11.7 Å². The number of amides is 3. The lowest BCUT2D eigenvalue weighted by atomic mass is 9.93. The molecule has 2 aliphatic rings. The highest BCUT2D eigenvalue weighted by Gasteiger charge is 2.24. The second kappa shape index (κ2) is 9.69. The van der Waals surface area contributed by atoms with Crippen molar-refractivity contribution in [2.24, 2.45) is 5.92 Å². The number of nitrogens with zero attached hydrogens (tertiary/aromatic N) is 1. The number of halogens is 1. The van der Waals surface area contributed by atoms with E-state index in [-0.39, 0.29) is 23.8 Å². The van der Waals surface area contributed by atoms with Crippen LogP contribution in [-0.2, 0) is 4.79 Å². The van der Waals surface area contributed by atoms with Crippen LogP contribution in [0.2, 0.25) is 0 Å². The Kier molecular flexibility index (Phi) is 7.04. The lowest BCUT2D eigenvalue weighted by Crippen LogP contribution is -2.47. The summed E-state index contributed by atoms with van der Waals surface area (Å²) in [5, 5.41) is 8.99. The minimum atomic E-state index is -0.335. The number of carbonyl (C=O) groups excluding carboxylic acids is 2.